The maximum atomic E-state index is 8.88. The summed E-state index contributed by atoms with van der Waals surface area (Å²) in [7, 11) is 0. The molecular weight excluding hydrogens is 302 g/mol. The molecule has 0 fully saturated rings. The molecule has 0 heterocycles. The first-order chi connectivity index (χ1) is 7.98. The third kappa shape index (κ3) is 4.57. The quantitative estimate of drug-likeness (QED) is 0.746. The Morgan fingerprint density at radius 1 is 1.47 bits per heavy atom. The molecule has 4 heteroatoms. The smallest absolute Gasteiger partial charge is 0.137 e. The highest BCUT2D eigenvalue weighted by atomic mass is 79.9. The fraction of sp³-hybridized carbons (Fsp3) is 0.462. The van der Waals surface area contributed by atoms with Gasteiger partial charge in [-0.2, -0.15) is 5.26 Å². The van der Waals surface area contributed by atoms with Crippen LogP contribution in [0.1, 0.15) is 25.8 Å². The van der Waals surface area contributed by atoms with Gasteiger partial charge in [0.2, 0.25) is 0 Å². The number of halogens is 2. The zero-order valence-electron chi connectivity index (χ0n) is 9.96. The minimum absolute atomic E-state index is 0.359. The minimum Gasteiger partial charge on any atom is -0.492 e. The Kier molecular flexibility index (Phi) is 5.30. The molecule has 0 bridgehead atoms. The second kappa shape index (κ2) is 6.28. The van der Waals surface area contributed by atoms with E-state index in [1.165, 1.54) is 0 Å². The van der Waals surface area contributed by atoms with Crippen LogP contribution in [0, 0.1) is 16.7 Å². The first-order valence-electron chi connectivity index (χ1n) is 5.37. The maximum Gasteiger partial charge on any atom is 0.137 e. The second-order valence-corrected chi connectivity index (χ2v) is 5.46. The van der Waals surface area contributed by atoms with Gasteiger partial charge in [0.05, 0.1) is 23.1 Å². The fourth-order valence-corrected chi connectivity index (χ4v) is 1.82. The molecule has 1 rings (SSSR count). The van der Waals surface area contributed by atoms with Crippen LogP contribution in [0.3, 0.4) is 0 Å². The number of alkyl halides is 1. The molecule has 2 nitrogen and oxygen atoms in total. The van der Waals surface area contributed by atoms with Gasteiger partial charge >= 0.3 is 0 Å². The average Bonchev–Trinajstić information content (AvgIpc) is 2.31. The van der Waals surface area contributed by atoms with Crippen LogP contribution < -0.4 is 4.74 Å². The van der Waals surface area contributed by atoms with E-state index in [4.69, 9.17) is 21.6 Å². The van der Waals surface area contributed by atoms with Gasteiger partial charge in [-0.15, -0.1) is 0 Å². The predicted octanol–water partition coefficient (Wildman–Crippen LogP) is 4.55. The largest absolute Gasteiger partial charge is 0.492 e. The van der Waals surface area contributed by atoms with Crippen LogP contribution in [0.15, 0.2) is 18.2 Å². The van der Waals surface area contributed by atoms with Gasteiger partial charge in [0.25, 0.3) is 0 Å². The zero-order chi connectivity index (χ0) is 12.9. The van der Waals surface area contributed by atoms with Crippen LogP contribution in [-0.4, -0.2) is 6.61 Å². The van der Waals surface area contributed by atoms with Crippen molar-refractivity contribution in [2.75, 3.05) is 6.61 Å². The Hall–Kier alpha value is -0.720. The van der Waals surface area contributed by atoms with Gasteiger partial charge in [0, 0.05) is 5.33 Å². The van der Waals surface area contributed by atoms with E-state index in [-0.39, 0.29) is 5.41 Å². The third-order valence-corrected chi connectivity index (χ3v) is 3.38. The molecule has 17 heavy (non-hydrogen) atoms. The molecule has 0 N–H and O–H groups in total. The first kappa shape index (κ1) is 14.3. The zero-order valence-corrected chi connectivity index (χ0v) is 12.3. The van der Waals surface area contributed by atoms with Crippen molar-refractivity contribution in [3.05, 3.63) is 28.8 Å². The molecule has 0 atom stereocenters. The molecule has 0 aliphatic heterocycles. The van der Waals surface area contributed by atoms with E-state index >= 15 is 0 Å². The fourth-order valence-electron chi connectivity index (χ4n) is 1.22. The molecule has 0 radical (unpaired) electrons. The number of ether oxygens (including phenoxy) is 1. The van der Waals surface area contributed by atoms with E-state index in [9.17, 15) is 0 Å². The van der Waals surface area contributed by atoms with Crippen molar-refractivity contribution < 1.29 is 4.74 Å². The lowest BCUT2D eigenvalue weighted by molar-refractivity contribution is 0.264. The Labute approximate surface area is 116 Å². The highest BCUT2D eigenvalue weighted by Gasteiger charge is 2.16. The van der Waals surface area contributed by atoms with Crippen molar-refractivity contribution in [1.82, 2.24) is 0 Å². The monoisotopic (exact) mass is 315 g/mol. The average molecular weight is 317 g/mol. The summed E-state index contributed by atoms with van der Waals surface area (Å²) in [4.78, 5) is 0. The van der Waals surface area contributed by atoms with Gasteiger partial charge in [0.1, 0.15) is 5.75 Å². The predicted molar refractivity (Wildman–Crippen MR) is 73.6 cm³/mol. The molecule has 0 saturated carbocycles. The van der Waals surface area contributed by atoms with Gasteiger partial charge in [-0.25, -0.2) is 0 Å². The van der Waals surface area contributed by atoms with Crippen LogP contribution in [0.25, 0.3) is 0 Å². The van der Waals surface area contributed by atoms with Crippen LogP contribution >= 0.6 is 27.5 Å². The number of rotatable bonds is 5. The van der Waals surface area contributed by atoms with Gasteiger partial charge in [-0.1, -0.05) is 33.6 Å². The van der Waals surface area contributed by atoms with Crippen molar-refractivity contribution in [2.45, 2.75) is 25.6 Å². The number of hydrogen-bond acceptors (Lipinski definition) is 2. The Balaban J connectivity index is 2.56. The Bertz CT molecular complexity index is 426. The molecule has 0 aliphatic rings. The van der Waals surface area contributed by atoms with Crippen molar-refractivity contribution in [2.24, 2.45) is 5.41 Å². The lowest BCUT2D eigenvalue weighted by Crippen LogP contribution is -2.13. The van der Waals surface area contributed by atoms with Crippen LogP contribution in [0.5, 0.6) is 5.75 Å². The third-order valence-electron chi connectivity index (χ3n) is 2.44. The molecule has 0 aromatic heterocycles. The molecular formula is C13H15BrClNO. The molecule has 92 valence electrons. The van der Waals surface area contributed by atoms with Crippen LogP contribution in [-0.2, 0) is 5.33 Å². The normalized spacial score (nSPS) is 11.0. The number of hydrogen-bond donors (Lipinski definition) is 0. The summed E-state index contributed by atoms with van der Waals surface area (Å²) in [6.07, 6.45) is 0.681. The SMILES string of the molecule is CC(C)(C#N)CCOc1ccc(CBr)cc1Cl. The van der Waals surface area contributed by atoms with Gasteiger partial charge < -0.3 is 4.74 Å². The topological polar surface area (TPSA) is 33.0 Å². The lowest BCUT2D eigenvalue weighted by Gasteiger charge is -2.15. The maximum absolute atomic E-state index is 8.88. The number of nitrogens with zero attached hydrogens (tertiary/aromatic N) is 1. The summed E-state index contributed by atoms with van der Waals surface area (Å²) in [5.74, 6) is 0.671. The number of benzene rings is 1. The summed E-state index contributed by atoms with van der Waals surface area (Å²) in [5, 5.41) is 10.3. The molecule has 0 unspecified atom stereocenters. The summed E-state index contributed by atoms with van der Waals surface area (Å²) < 4.78 is 5.58. The molecule has 0 aliphatic carbocycles. The second-order valence-electron chi connectivity index (χ2n) is 4.49. The molecule has 0 spiro atoms. The van der Waals surface area contributed by atoms with Crippen LogP contribution in [0.2, 0.25) is 5.02 Å². The van der Waals surface area contributed by atoms with Crippen molar-refractivity contribution in [1.29, 1.82) is 5.26 Å². The van der Waals surface area contributed by atoms with Crippen molar-refractivity contribution >= 4 is 27.5 Å². The van der Waals surface area contributed by atoms with E-state index in [0.717, 1.165) is 10.9 Å². The molecule has 0 amide bonds. The molecule has 1 aromatic rings. The highest BCUT2D eigenvalue weighted by molar-refractivity contribution is 9.08. The van der Waals surface area contributed by atoms with Crippen molar-refractivity contribution in [3.8, 4) is 11.8 Å². The summed E-state index contributed by atoms with van der Waals surface area (Å²) in [6.45, 7) is 4.28. The first-order valence-corrected chi connectivity index (χ1v) is 6.87. The molecule has 0 saturated heterocycles. The lowest BCUT2D eigenvalue weighted by atomic mass is 9.92. The Morgan fingerprint density at radius 2 is 2.18 bits per heavy atom. The van der Waals surface area contributed by atoms with Gasteiger partial charge in [-0.3, -0.25) is 0 Å². The van der Waals surface area contributed by atoms with Gasteiger partial charge in [0.15, 0.2) is 0 Å². The summed E-state index contributed by atoms with van der Waals surface area (Å²) in [6, 6.07) is 7.94. The summed E-state index contributed by atoms with van der Waals surface area (Å²) >= 11 is 9.45. The summed E-state index contributed by atoms with van der Waals surface area (Å²) in [5.41, 5.74) is 0.752. The number of nitriles is 1. The molecule has 1 aromatic carbocycles. The van der Waals surface area contributed by atoms with E-state index in [1.54, 1.807) is 0 Å². The minimum atomic E-state index is -0.359. The van der Waals surface area contributed by atoms with E-state index in [2.05, 4.69) is 22.0 Å². The standard InChI is InChI=1S/C13H15BrClNO/c1-13(2,9-16)5-6-17-12-4-3-10(8-14)7-11(12)15/h3-4,7H,5-6,8H2,1-2H3. The van der Waals surface area contributed by atoms with Crippen LogP contribution in [0.4, 0.5) is 0 Å². The van der Waals surface area contributed by atoms with E-state index in [0.29, 0.717) is 23.8 Å². The van der Waals surface area contributed by atoms with E-state index < -0.39 is 0 Å². The van der Waals surface area contributed by atoms with Gasteiger partial charge in [-0.05, 0) is 38.0 Å². The van der Waals surface area contributed by atoms with Crippen molar-refractivity contribution in [3.63, 3.8) is 0 Å². The highest BCUT2D eigenvalue weighted by Crippen LogP contribution is 2.27. The Morgan fingerprint density at radius 3 is 2.71 bits per heavy atom. The van der Waals surface area contributed by atoms with E-state index in [1.807, 2.05) is 32.0 Å².